The van der Waals surface area contributed by atoms with Crippen LogP contribution in [-0.4, -0.2) is 6.03 Å². The van der Waals surface area contributed by atoms with Gasteiger partial charge in [0.15, 0.2) is 0 Å². The molecule has 1 aromatic carbocycles. The number of hydrogen-bond acceptors (Lipinski definition) is 2. The molecule has 0 aliphatic heterocycles. The van der Waals surface area contributed by atoms with Crippen LogP contribution in [0.2, 0.25) is 0 Å². The fourth-order valence-electron chi connectivity index (χ4n) is 1.69. The van der Waals surface area contributed by atoms with E-state index in [0.717, 1.165) is 22.3 Å². The number of furan rings is 1. The van der Waals surface area contributed by atoms with Gasteiger partial charge in [-0.1, -0.05) is 12.1 Å². The lowest BCUT2D eigenvalue weighted by Crippen LogP contribution is -2.28. The fourth-order valence-corrected chi connectivity index (χ4v) is 1.69. The second kappa shape index (κ2) is 4.74. The van der Waals surface area contributed by atoms with Gasteiger partial charge in [0.05, 0.1) is 0 Å². The quantitative estimate of drug-likeness (QED) is 0.791. The highest BCUT2D eigenvalue weighted by Crippen LogP contribution is 2.21. The fraction of sp³-hybridized carbons (Fsp3) is 0.154. The zero-order valence-corrected chi connectivity index (χ0v) is 9.40. The standard InChI is InChI=1S/C13H14N2O2/c1-2-3-11-7-10-6-9(8-15-13(14)16)4-5-12(10)17-11/h2,4-7H,1,3,8H2,(H3,14,15,16). The molecule has 0 bridgehead atoms. The molecule has 17 heavy (non-hydrogen) atoms. The number of nitrogens with one attached hydrogen (secondary N) is 1. The van der Waals surface area contributed by atoms with Crippen LogP contribution in [0.1, 0.15) is 11.3 Å². The van der Waals surface area contributed by atoms with Crippen LogP contribution in [0.4, 0.5) is 4.79 Å². The van der Waals surface area contributed by atoms with Crippen molar-refractivity contribution in [2.75, 3.05) is 0 Å². The molecule has 2 amide bonds. The molecule has 4 nitrogen and oxygen atoms in total. The van der Waals surface area contributed by atoms with Crippen molar-refractivity contribution in [1.29, 1.82) is 0 Å². The number of rotatable bonds is 4. The summed E-state index contributed by atoms with van der Waals surface area (Å²) in [6.07, 6.45) is 2.51. The Bertz CT molecular complexity index is 558. The SMILES string of the molecule is C=CCc1cc2cc(CNC(N)=O)ccc2o1. The van der Waals surface area contributed by atoms with Gasteiger partial charge in [-0.2, -0.15) is 0 Å². The van der Waals surface area contributed by atoms with Crippen LogP contribution in [0.25, 0.3) is 11.0 Å². The van der Waals surface area contributed by atoms with Gasteiger partial charge >= 0.3 is 6.03 Å². The van der Waals surface area contributed by atoms with E-state index in [0.29, 0.717) is 13.0 Å². The zero-order chi connectivity index (χ0) is 12.3. The minimum Gasteiger partial charge on any atom is -0.461 e. The van der Waals surface area contributed by atoms with Gasteiger partial charge in [0.25, 0.3) is 0 Å². The number of hydrogen-bond donors (Lipinski definition) is 2. The van der Waals surface area contributed by atoms with Crippen molar-refractivity contribution in [2.45, 2.75) is 13.0 Å². The predicted molar refractivity (Wildman–Crippen MR) is 66.5 cm³/mol. The first-order valence-electron chi connectivity index (χ1n) is 5.34. The molecule has 4 heteroatoms. The second-order valence-corrected chi connectivity index (χ2v) is 3.80. The van der Waals surface area contributed by atoms with E-state index in [1.165, 1.54) is 0 Å². The second-order valence-electron chi connectivity index (χ2n) is 3.80. The number of primary amides is 1. The molecule has 0 aliphatic carbocycles. The number of benzene rings is 1. The number of fused-ring (bicyclic) bond motifs is 1. The Morgan fingerprint density at radius 1 is 1.47 bits per heavy atom. The first-order chi connectivity index (χ1) is 8.19. The van der Waals surface area contributed by atoms with Gasteiger partial charge in [0.1, 0.15) is 11.3 Å². The van der Waals surface area contributed by atoms with E-state index in [9.17, 15) is 4.79 Å². The van der Waals surface area contributed by atoms with Gasteiger partial charge in [0.2, 0.25) is 0 Å². The summed E-state index contributed by atoms with van der Waals surface area (Å²) in [5, 5.41) is 3.57. The lowest BCUT2D eigenvalue weighted by molar-refractivity contribution is 0.248. The molecule has 0 radical (unpaired) electrons. The summed E-state index contributed by atoms with van der Waals surface area (Å²) < 4.78 is 5.61. The van der Waals surface area contributed by atoms with E-state index in [2.05, 4.69) is 11.9 Å². The van der Waals surface area contributed by atoms with Crippen molar-refractivity contribution in [1.82, 2.24) is 5.32 Å². The van der Waals surface area contributed by atoms with Crippen molar-refractivity contribution in [3.63, 3.8) is 0 Å². The number of carbonyl (C=O) groups excluding carboxylic acids is 1. The van der Waals surface area contributed by atoms with Crippen molar-refractivity contribution in [3.05, 3.63) is 48.2 Å². The average Bonchev–Trinajstić information content (AvgIpc) is 2.68. The van der Waals surface area contributed by atoms with Gasteiger partial charge in [0, 0.05) is 18.4 Å². The highest BCUT2D eigenvalue weighted by molar-refractivity contribution is 5.79. The van der Waals surface area contributed by atoms with Crippen molar-refractivity contribution < 1.29 is 9.21 Å². The molecule has 0 fully saturated rings. The predicted octanol–water partition coefficient (Wildman–Crippen LogP) is 2.33. The lowest BCUT2D eigenvalue weighted by Gasteiger charge is -2.01. The highest BCUT2D eigenvalue weighted by atomic mass is 16.3. The van der Waals surface area contributed by atoms with Crippen LogP contribution in [0.3, 0.4) is 0 Å². The molecule has 0 atom stereocenters. The maximum absolute atomic E-state index is 10.6. The van der Waals surface area contributed by atoms with E-state index < -0.39 is 6.03 Å². The van der Waals surface area contributed by atoms with Gasteiger partial charge in [-0.25, -0.2) is 4.79 Å². The van der Waals surface area contributed by atoms with Crippen LogP contribution in [0.5, 0.6) is 0 Å². The number of carbonyl (C=O) groups is 1. The zero-order valence-electron chi connectivity index (χ0n) is 9.40. The van der Waals surface area contributed by atoms with Crippen molar-refractivity contribution in [2.24, 2.45) is 5.73 Å². The number of amides is 2. The monoisotopic (exact) mass is 230 g/mol. The third-order valence-electron chi connectivity index (χ3n) is 2.44. The largest absolute Gasteiger partial charge is 0.461 e. The molecule has 0 aliphatic rings. The molecule has 2 aromatic rings. The number of nitrogens with two attached hydrogens (primary N) is 1. The van der Waals surface area contributed by atoms with Crippen LogP contribution in [0.15, 0.2) is 41.3 Å². The summed E-state index contributed by atoms with van der Waals surface area (Å²) in [5.41, 5.74) is 6.84. The molecular weight excluding hydrogens is 216 g/mol. The van der Waals surface area contributed by atoms with Crippen molar-refractivity contribution in [3.8, 4) is 0 Å². The summed E-state index contributed by atoms with van der Waals surface area (Å²) >= 11 is 0. The number of allylic oxidation sites excluding steroid dienone is 1. The summed E-state index contributed by atoms with van der Waals surface area (Å²) in [7, 11) is 0. The summed E-state index contributed by atoms with van der Waals surface area (Å²) in [6, 6.07) is 7.22. The maximum atomic E-state index is 10.6. The molecule has 0 saturated heterocycles. The van der Waals surface area contributed by atoms with E-state index in [1.54, 1.807) is 6.08 Å². The van der Waals surface area contributed by atoms with Crippen molar-refractivity contribution >= 4 is 17.0 Å². The first-order valence-corrected chi connectivity index (χ1v) is 5.34. The summed E-state index contributed by atoms with van der Waals surface area (Å²) in [4.78, 5) is 10.6. The molecule has 0 spiro atoms. The van der Waals surface area contributed by atoms with Gasteiger partial charge < -0.3 is 15.5 Å². The third-order valence-corrected chi connectivity index (χ3v) is 2.44. The van der Waals surface area contributed by atoms with E-state index in [1.807, 2.05) is 24.3 Å². The van der Waals surface area contributed by atoms with Crippen LogP contribution in [-0.2, 0) is 13.0 Å². The molecule has 88 valence electrons. The van der Waals surface area contributed by atoms with Crippen LogP contribution >= 0.6 is 0 Å². The molecule has 2 rings (SSSR count). The van der Waals surface area contributed by atoms with Gasteiger partial charge in [-0.15, -0.1) is 6.58 Å². The Labute approximate surface area is 99.1 Å². The molecule has 0 unspecified atom stereocenters. The van der Waals surface area contributed by atoms with E-state index in [-0.39, 0.29) is 0 Å². The molecule has 1 heterocycles. The molecule has 0 saturated carbocycles. The Morgan fingerprint density at radius 3 is 3.00 bits per heavy atom. The summed E-state index contributed by atoms with van der Waals surface area (Å²) in [6.45, 7) is 4.10. The first kappa shape index (κ1) is 11.3. The Balaban J connectivity index is 2.23. The minimum absolute atomic E-state index is 0.424. The maximum Gasteiger partial charge on any atom is 0.312 e. The molecule has 3 N–H and O–H groups in total. The number of urea groups is 1. The Morgan fingerprint density at radius 2 is 2.29 bits per heavy atom. The Hall–Kier alpha value is -2.23. The highest BCUT2D eigenvalue weighted by Gasteiger charge is 2.03. The lowest BCUT2D eigenvalue weighted by atomic mass is 10.1. The smallest absolute Gasteiger partial charge is 0.312 e. The van der Waals surface area contributed by atoms with Crippen LogP contribution in [0, 0.1) is 0 Å². The minimum atomic E-state index is -0.523. The third kappa shape index (κ3) is 2.66. The molecular formula is C13H14N2O2. The van der Waals surface area contributed by atoms with Gasteiger partial charge in [-0.3, -0.25) is 0 Å². The topological polar surface area (TPSA) is 68.3 Å². The Kier molecular flexibility index (Phi) is 3.14. The van der Waals surface area contributed by atoms with E-state index >= 15 is 0 Å². The van der Waals surface area contributed by atoms with Gasteiger partial charge in [-0.05, 0) is 23.8 Å². The summed E-state index contributed by atoms with van der Waals surface area (Å²) in [5.74, 6) is 0.884. The molecule has 1 aromatic heterocycles. The normalized spacial score (nSPS) is 10.4. The average molecular weight is 230 g/mol. The van der Waals surface area contributed by atoms with E-state index in [4.69, 9.17) is 10.2 Å². The van der Waals surface area contributed by atoms with Crippen LogP contribution < -0.4 is 11.1 Å².